The van der Waals surface area contributed by atoms with Crippen molar-refractivity contribution in [2.45, 2.75) is 32.1 Å². The summed E-state index contributed by atoms with van der Waals surface area (Å²) in [6.07, 6.45) is 2.77. The Bertz CT molecular complexity index is 949. The molecule has 1 saturated carbocycles. The average Bonchev–Trinajstić information content (AvgIpc) is 3.34. The Hall–Kier alpha value is -2.47. The van der Waals surface area contributed by atoms with E-state index in [9.17, 15) is 4.79 Å². The molecule has 25 heavy (non-hydrogen) atoms. The molecule has 1 fully saturated rings. The van der Waals surface area contributed by atoms with Crippen molar-refractivity contribution < 1.29 is 9.32 Å². The predicted octanol–water partition coefficient (Wildman–Crippen LogP) is 3.43. The minimum atomic E-state index is -0.167. The van der Waals surface area contributed by atoms with E-state index in [1.165, 1.54) is 0 Å². The van der Waals surface area contributed by atoms with Crippen molar-refractivity contribution in [2.24, 2.45) is 0 Å². The van der Waals surface area contributed by atoms with Gasteiger partial charge in [0, 0.05) is 35.0 Å². The molecule has 1 aliphatic carbocycles. The lowest BCUT2D eigenvalue weighted by Gasteiger charge is -2.09. The predicted molar refractivity (Wildman–Crippen MR) is 93.8 cm³/mol. The molecule has 1 N–H and O–H groups in total. The molecule has 0 spiro atoms. The fourth-order valence-electron chi connectivity index (χ4n) is 2.77. The van der Waals surface area contributed by atoms with Gasteiger partial charge in [0.2, 0.25) is 5.89 Å². The van der Waals surface area contributed by atoms with Gasteiger partial charge in [0.15, 0.2) is 5.82 Å². The molecule has 2 heterocycles. The number of carbonyl (C=O) groups is 1. The topological polar surface area (TPSA) is 80.9 Å². The van der Waals surface area contributed by atoms with Gasteiger partial charge in [-0.1, -0.05) is 16.8 Å². The molecule has 1 aliphatic rings. The van der Waals surface area contributed by atoms with Crippen LogP contribution >= 0.6 is 11.6 Å². The van der Waals surface area contributed by atoms with Gasteiger partial charge in [-0.05, 0) is 44.0 Å². The summed E-state index contributed by atoms with van der Waals surface area (Å²) in [7, 11) is 0. The second kappa shape index (κ2) is 6.44. The number of fused-ring (bicyclic) bond motifs is 1. The number of aromatic nitrogens is 3. The first kappa shape index (κ1) is 16.0. The second-order valence-electron chi connectivity index (χ2n) is 6.30. The van der Waals surface area contributed by atoms with E-state index in [2.05, 4.69) is 20.4 Å². The number of nitrogens with zero attached hydrogens (tertiary/aromatic N) is 3. The first-order valence-corrected chi connectivity index (χ1v) is 8.65. The van der Waals surface area contributed by atoms with Crippen LogP contribution in [-0.2, 0) is 6.42 Å². The lowest BCUT2D eigenvalue weighted by Crippen LogP contribution is -2.26. The molecular weight excluding hydrogens is 340 g/mol. The summed E-state index contributed by atoms with van der Waals surface area (Å²) >= 11 is 6.07. The van der Waals surface area contributed by atoms with Gasteiger partial charge >= 0.3 is 0 Å². The number of halogens is 1. The summed E-state index contributed by atoms with van der Waals surface area (Å²) in [5.41, 5.74) is 2.10. The molecular formula is C18H17ClN4O2. The quantitative estimate of drug-likeness (QED) is 0.757. The highest BCUT2D eigenvalue weighted by molar-refractivity contribution is 6.31. The number of carbonyl (C=O) groups excluding carboxylic acids is 1. The molecule has 128 valence electrons. The summed E-state index contributed by atoms with van der Waals surface area (Å²) in [5, 5.41) is 8.19. The number of pyridine rings is 1. The normalized spacial score (nSPS) is 14.0. The third-order valence-electron chi connectivity index (χ3n) is 4.19. The number of amides is 1. The monoisotopic (exact) mass is 356 g/mol. The molecule has 4 rings (SSSR count). The molecule has 0 aliphatic heterocycles. The van der Waals surface area contributed by atoms with Crippen LogP contribution in [0.4, 0.5) is 0 Å². The Kier molecular flexibility index (Phi) is 4.13. The van der Waals surface area contributed by atoms with E-state index in [0.717, 1.165) is 35.3 Å². The van der Waals surface area contributed by atoms with Crippen LogP contribution in [0.2, 0.25) is 5.02 Å². The highest BCUT2D eigenvalue weighted by atomic mass is 35.5. The maximum atomic E-state index is 12.6. The van der Waals surface area contributed by atoms with Crippen molar-refractivity contribution in [2.75, 3.05) is 6.54 Å². The Labute approximate surface area is 149 Å². The van der Waals surface area contributed by atoms with Crippen LogP contribution in [-0.4, -0.2) is 27.6 Å². The fourth-order valence-corrected chi connectivity index (χ4v) is 2.95. The van der Waals surface area contributed by atoms with Gasteiger partial charge < -0.3 is 9.84 Å². The third kappa shape index (κ3) is 3.49. The molecule has 0 radical (unpaired) electrons. The molecule has 3 aromatic rings. The highest BCUT2D eigenvalue weighted by Crippen LogP contribution is 2.38. The van der Waals surface area contributed by atoms with Crippen molar-refractivity contribution in [3.8, 4) is 0 Å². The van der Waals surface area contributed by atoms with E-state index < -0.39 is 0 Å². The number of aryl methyl sites for hydroxylation is 1. The molecule has 1 aromatic carbocycles. The standard InChI is InChI=1S/C18H17ClN4O2/c1-10-8-14(13-9-12(19)4-5-15(13)21-10)18(24)20-7-6-16-22-17(23-25-16)11-2-3-11/h4-5,8-9,11H,2-3,6-7H2,1H3,(H,20,24). The minimum Gasteiger partial charge on any atom is -0.351 e. The molecule has 2 aromatic heterocycles. The molecule has 0 atom stereocenters. The number of nitrogens with one attached hydrogen (secondary N) is 1. The molecule has 1 amide bonds. The Morgan fingerprint density at radius 1 is 1.32 bits per heavy atom. The summed E-state index contributed by atoms with van der Waals surface area (Å²) in [5.74, 6) is 1.63. The maximum absolute atomic E-state index is 12.6. The van der Waals surface area contributed by atoms with Crippen molar-refractivity contribution in [3.05, 3.63) is 52.3 Å². The smallest absolute Gasteiger partial charge is 0.252 e. The van der Waals surface area contributed by atoms with Gasteiger partial charge in [0.05, 0.1) is 11.1 Å². The second-order valence-corrected chi connectivity index (χ2v) is 6.74. The Morgan fingerprint density at radius 2 is 2.16 bits per heavy atom. The van der Waals surface area contributed by atoms with Crippen LogP contribution < -0.4 is 5.32 Å². The Balaban J connectivity index is 1.46. The molecule has 7 heteroatoms. The van der Waals surface area contributed by atoms with Gasteiger partial charge in [-0.15, -0.1) is 0 Å². The zero-order chi connectivity index (χ0) is 17.4. The van der Waals surface area contributed by atoms with Gasteiger partial charge in [0.1, 0.15) is 0 Å². The van der Waals surface area contributed by atoms with E-state index in [-0.39, 0.29) is 5.91 Å². The molecule has 0 unspecified atom stereocenters. The molecule has 0 saturated heterocycles. The van der Waals surface area contributed by atoms with Crippen molar-refractivity contribution >= 4 is 28.4 Å². The van der Waals surface area contributed by atoms with Gasteiger partial charge in [-0.25, -0.2) is 0 Å². The number of benzene rings is 1. The first-order valence-electron chi connectivity index (χ1n) is 8.28. The van der Waals surface area contributed by atoms with Crippen LogP contribution in [0.25, 0.3) is 10.9 Å². The first-order chi connectivity index (χ1) is 12.1. The summed E-state index contributed by atoms with van der Waals surface area (Å²) in [4.78, 5) is 21.4. The van der Waals surface area contributed by atoms with Crippen LogP contribution in [0, 0.1) is 6.92 Å². The largest absolute Gasteiger partial charge is 0.351 e. The number of hydrogen-bond acceptors (Lipinski definition) is 5. The average molecular weight is 357 g/mol. The van der Waals surface area contributed by atoms with E-state index in [1.807, 2.05) is 13.0 Å². The lowest BCUT2D eigenvalue weighted by molar-refractivity contribution is 0.0955. The van der Waals surface area contributed by atoms with Gasteiger partial charge in [-0.2, -0.15) is 4.98 Å². The summed E-state index contributed by atoms with van der Waals surface area (Å²) in [6, 6.07) is 7.12. The Morgan fingerprint density at radius 3 is 2.96 bits per heavy atom. The van der Waals surface area contributed by atoms with Crippen LogP contribution in [0.5, 0.6) is 0 Å². The minimum absolute atomic E-state index is 0.167. The third-order valence-corrected chi connectivity index (χ3v) is 4.43. The van der Waals surface area contributed by atoms with Crippen LogP contribution in [0.15, 0.2) is 28.8 Å². The molecule has 0 bridgehead atoms. The molecule has 6 nitrogen and oxygen atoms in total. The number of rotatable bonds is 5. The fraction of sp³-hybridized carbons (Fsp3) is 0.333. The lowest BCUT2D eigenvalue weighted by atomic mass is 10.1. The summed E-state index contributed by atoms with van der Waals surface area (Å²) in [6.45, 7) is 2.29. The van der Waals surface area contributed by atoms with E-state index >= 15 is 0 Å². The highest BCUT2D eigenvalue weighted by Gasteiger charge is 2.28. The zero-order valence-electron chi connectivity index (χ0n) is 13.8. The van der Waals surface area contributed by atoms with Crippen molar-refractivity contribution in [1.82, 2.24) is 20.4 Å². The van der Waals surface area contributed by atoms with E-state index in [4.69, 9.17) is 16.1 Å². The van der Waals surface area contributed by atoms with E-state index in [1.54, 1.807) is 18.2 Å². The number of hydrogen-bond donors (Lipinski definition) is 1. The maximum Gasteiger partial charge on any atom is 0.252 e. The van der Waals surface area contributed by atoms with Crippen LogP contribution in [0.1, 0.15) is 46.5 Å². The SMILES string of the molecule is Cc1cc(C(=O)NCCc2nc(C3CC3)no2)c2cc(Cl)ccc2n1. The summed E-state index contributed by atoms with van der Waals surface area (Å²) < 4.78 is 5.22. The van der Waals surface area contributed by atoms with Crippen molar-refractivity contribution in [3.63, 3.8) is 0 Å². The zero-order valence-corrected chi connectivity index (χ0v) is 14.5. The van der Waals surface area contributed by atoms with E-state index in [0.29, 0.717) is 35.4 Å². The van der Waals surface area contributed by atoms with Crippen LogP contribution in [0.3, 0.4) is 0 Å². The van der Waals surface area contributed by atoms with Gasteiger partial charge in [0.25, 0.3) is 5.91 Å². The van der Waals surface area contributed by atoms with Crippen molar-refractivity contribution in [1.29, 1.82) is 0 Å². The van der Waals surface area contributed by atoms with Gasteiger partial charge in [-0.3, -0.25) is 9.78 Å².